The van der Waals surface area contributed by atoms with Gasteiger partial charge in [0.2, 0.25) is 11.8 Å². The highest BCUT2D eigenvalue weighted by atomic mass is 16.4. The Labute approximate surface area is 140 Å². The highest BCUT2D eigenvalue weighted by molar-refractivity contribution is 5.96. The predicted octanol–water partition coefficient (Wildman–Crippen LogP) is 2.95. The zero-order chi connectivity index (χ0) is 17.7. The molecule has 1 aliphatic rings. The van der Waals surface area contributed by atoms with Gasteiger partial charge in [-0.25, -0.2) is 0 Å². The number of anilines is 2. The van der Waals surface area contributed by atoms with Crippen molar-refractivity contribution >= 4 is 29.2 Å². The monoisotopic (exact) mass is 330 g/mol. The summed E-state index contributed by atoms with van der Waals surface area (Å²) in [5.41, 5.74) is 2.11. The Morgan fingerprint density at radius 3 is 2.38 bits per heavy atom. The van der Waals surface area contributed by atoms with Crippen LogP contribution in [0.4, 0.5) is 11.4 Å². The minimum absolute atomic E-state index is 0.0758. The molecule has 1 aromatic rings. The Morgan fingerprint density at radius 2 is 1.79 bits per heavy atom. The lowest BCUT2D eigenvalue weighted by Gasteiger charge is -2.24. The lowest BCUT2D eigenvalue weighted by molar-refractivity contribution is -0.146. The van der Waals surface area contributed by atoms with E-state index in [-0.39, 0.29) is 11.8 Å². The van der Waals surface area contributed by atoms with Crippen molar-refractivity contribution in [2.24, 2.45) is 11.8 Å². The summed E-state index contributed by atoms with van der Waals surface area (Å²) in [6.45, 7) is 3.61. The van der Waals surface area contributed by atoms with Crippen LogP contribution in [0.15, 0.2) is 30.4 Å². The van der Waals surface area contributed by atoms with E-state index in [9.17, 15) is 19.5 Å². The lowest BCUT2D eigenvalue weighted by atomic mass is 9.82. The topological polar surface area (TPSA) is 95.5 Å². The molecule has 0 saturated heterocycles. The molecule has 0 fully saturated rings. The molecule has 0 aliphatic heterocycles. The smallest absolute Gasteiger partial charge is 0.307 e. The number of nitrogens with one attached hydrogen (secondary N) is 2. The van der Waals surface area contributed by atoms with Crippen LogP contribution in [0.1, 0.15) is 31.7 Å². The molecule has 0 bridgehead atoms. The van der Waals surface area contributed by atoms with Gasteiger partial charge in [-0.3, -0.25) is 14.4 Å². The summed E-state index contributed by atoms with van der Waals surface area (Å²) in [5.74, 6) is -2.59. The fourth-order valence-corrected chi connectivity index (χ4v) is 2.73. The third-order valence-corrected chi connectivity index (χ3v) is 4.18. The molecule has 0 heterocycles. The molecule has 0 spiro atoms. The van der Waals surface area contributed by atoms with Gasteiger partial charge in [0.05, 0.1) is 11.8 Å². The Morgan fingerprint density at radius 1 is 1.12 bits per heavy atom. The number of carbonyl (C=O) groups excluding carboxylic acids is 2. The number of amides is 2. The fraction of sp³-hybridized carbons (Fsp3) is 0.389. The molecule has 2 atom stereocenters. The van der Waals surface area contributed by atoms with Crippen LogP contribution in [-0.2, 0) is 14.4 Å². The number of aryl methyl sites for hydroxylation is 1. The van der Waals surface area contributed by atoms with E-state index < -0.39 is 17.8 Å². The molecule has 1 aromatic carbocycles. The predicted molar refractivity (Wildman–Crippen MR) is 91.7 cm³/mol. The first-order valence-electron chi connectivity index (χ1n) is 8.01. The van der Waals surface area contributed by atoms with Crippen LogP contribution in [0.3, 0.4) is 0 Å². The van der Waals surface area contributed by atoms with Gasteiger partial charge in [-0.15, -0.1) is 0 Å². The van der Waals surface area contributed by atoms with E-state index in [0.717, 1.165) is 5.56 Å². The second-order valence-corrected chi connectivity index (χ2v) is 5.91. The van der Waals surface area contributed by atoms with Gasteiger partial charge in [0.15, 0.2) is 0 Å². The summed E-state index contributed by atoms with van der Waals surface area (Å²) in [4.78, 5) is 35.2. The van der Waals surface area contributed by atoms with Crippen molar-refractivity contribution in [3.63, 3.8) is 0 Å². The van der Waals surface area contributed by atoms with Crippen molar-refractivity contribution < 1.29 is 19.5 Å². The van der Waals surface area contributed by atoms with Crippen LogP contribution < -0.4 is 10.6 Å². The number of hydrogen-bond donors (Lipinski definition) is 3. The maximum Gasteiger partial charge on any atom is 0.307 e. The first kappa shape index (κ1) is 17.7. The molecule has 0 aromatic heterocycles. The molecule has 2 rings (SSSR count). The largest absolute Gasteiger partial charge is 0.481 e. The summed E-state index contributed by atoms with van der Waals surface area (Å²) < 4.78 is 0. The van der Waals surface area contributed by atoms with E-state index in [0.29, 0.717) is 30.6 Å². The van der Waals surface area contributed by atoms with Crippen molar-refractivity contribution in [1.29, 1.82) is 0 Å². The standard InChI is InChI=1S/C18H22N2O4/c1-3-16(21)20-15-9-8-12(10-11(15)2)19-17(22)13-6-4-5-7-14(13)18(23)24/h4-5,8-10,13-14H,3,6-7H2,1-2H3,(H,19,22)(H,20,21)(H,23,24). The molecule has 128 valence electrons. The van der Waals surface area contributed by atoms with E-state index in [2.05, 4.69) is 10.6 Å². The number of benzene rings is 1. The van der Waals surface area contributed by atoms with Crippen LogP contribution in [0.25, 0.3) is 0 Å². The Kier molecular flexibility index (Phi) is 5.73. The second kappa shape index (κ2) is 7.77. The number of carboxylic acid groups (broad SMARTS) is 1. The van der Waals surface area contributed by atoms with Gasteiger partial charge in [0, 0.05) is 17.8 Å². The van der Waals surface area contributed by atoms with Crippen molar-refractivity contribution in [2.75, 3.05) is 10.6 Å². The van der Waals surface area contributed by atoms with Crippen LogP contribution in [0.5, 0.6) is 0 Å². The summed E-state index contributed by atoms with van der Waals surface area (Å²) in [6, 6.07) is 5.19. The number of hydrogen-bond acceptors (Lipinski definition) is 3. The van der Waals surface area contributed by atoms with Crippen molar-refractivity contribution in [3.8, 4) is 0 Å². The zero-order valence-corrected chi connectivity index (χ0v) is 13.8. The molecule has 2 amide bonds. The third kappa shape index (κ3) is 4.22. The minimum Gasteiger partial charge on any atom is -0.481 e. The molecular weight excluding hydrogens is 308 g/mol. The van der Waals surface area contributed by atoms with Gasteiger partial charge in [-0.2, -0.15) is 0 Å². The van der Waals surface area contributed by atoms with Crippen LogP contribution in [-0.4, -0.2) is 22.9 Å². The van der Waals surface area contributed by atoms with Gasteiger partial charge < -0.3 is 15.7 Å². The van der Waals surface area contributed by atoms with E-state index >= 15 is 0 Å². The normalized spacial score (nSPS) is 19.6. The first-order valence-corrected chi connectivity index (χ1v) is 8.01. The molecular formula is C18H22N2O4. The average Bonchev–Trinajstić information content (AvgIpc) is 2.57. The molecule has 3 N–H and O–H groups in total. The molecule has 6 heteroatoms. The van der Waals surface area contributed by atoms with Gasteiger partial charge in [0.25, 0.3) is 0 Å². The van der Waals surface area contributed by atoms with Gasteiger partial charge in [0.1, 0.15) is 0 Å². The van der Waals surface area contributed by atoms with E-state index in [1.807, 2.05) is 13.0 Å². The summed E-state index contributed by atoms with van der Waals surface area (Å²) in [5, 5.41) is 14.8. The molecule has 24 heavy (non-hydrogen) atoms. The maximum atomic E-state index is 12.4. The molecule has 6 nitrogen and oxygen atoms in total. The van der Waals surface area contributed by atoms with Gasteiger partial charge >= 0.3 is 5.97 Å². The summed E-state index contributed by atoms with van der Waals surface area (Å²) in [6.07, 6.45) is 4.83. The number of aliphatic carboxylic acids is 1. The third-order valence-electron chi connectivity index (χ3n) is 4.18. The molecule has 0 radical (unpaired) electrons. The van der Waals surface area contributed by atoms with Crippen LogP contribution in [0, 0.1) is 18.8 Å². The van der Waals surface area contributed by atoms with Crippen molar-refractivity contribution in [1.82, 2.24) is 0 Å². The Balaban J connectivity index is 2.08. The summed E-state index contributed by atoms with van der Waals surface area (Å²) in [7, 11) is 0. The van der Waals surface area contributed by atoms with Gasteiger partial charge in [-0.1, -0.05) is 19.1 Å². The quantitative estimate of drug-likeness (QED) is 0.723. The fourth-order valence-electron chi connectivity index (χ4n) is 2.73. The molecule has 1 aliphatic carbocycles. The number of rotatable bonds is 5. The highest BCUT2D eigenvalue weighted by Crippen LogP contribution is 2.28. The van der Waals surface area contributed by atoms with E-state index in [1.54, 1.807) is 31.2 Å². The first-order chi connectivity index (χ1) is 11.4. The number of allylic oxidation sites excluding steroid dienone is 2. The number of carboxylic acids is 1. The average molecular weight is 330 g/mol. The highest BCUT2D eigenvalue weighted by Gasteiger charge is 2.33. The Bertz CT molecular complexity index is 682. The maximum absolute atomic E-state index is 12.4. The van der Waals surface area contributed by atoms with Crippen molar-refractivity contribution in [2.45, 2.75) is 33.1 Å². The molecule has 0 saturated carbocycles. The second-order valence-electron chi connectivity index (χ2n) is 5.91. The van der Waals surface area contributed by atoms with E-state index in [1.165, 1.54) is 0 Å². The summed E-state index contributed by atoms with van der Waals surface area (Å²) >= 11 is 0. The molecule has 2 unspecified atom stereocenters. The van der Waals surface area contributed by atoms with E-state index in [4.69, 9.17) is 0 Å². The zero-order valence-electron chi connectivity index (χ0n) is 13.8. The minimum atomic E-state index is -0.951. The van der Waals surface area contributed by atoms with Crippen LogP contribution in [0.2, 0.25) is 0 Å². The van der Waals surface area contributed by atoms with Crippen LogP contribution >= 0.6 is 0 Å². The lowest BCUT2D eigenvalue weighted by Crippen LogP contribution is -2.34. The Hall–Kier alpha value is -2.63. The SMILES string of the molecule is CCC(=O)Nc1ccc(NC(=O)C2CC=CCC2C(=O)O)cc1C. The number of carbonyl (C=O) groups is 3. The van der Waals surface area contributed by atoms with Gasteiger partial charge in [-0.05, 0) is 43.5 Å². The van der Waals surface area contributed by atoms with Crippen molar-refractivity contribution in [3.05, 3.63) is 35.9 Å².